The van der Waals surface area contributed by atoms with Gasteiger partial charge in [0, 0.05) is 6.54 Å². The quantitative estimate of drug-likeness (QED) is 0.115. The minimum atomic E-state index is -0.726. The van der Waals surface area contributed by atoms with Crippen molar-refractivity contribution in [2.75, 3.05) is 20.2 Å². The molecule has 0 aromatic rings. The molecule has 0 aliphatic heterocycles. The highest BCUT2D eigenvalue weighted by molar-refractivity contribution is 5.87. The van der Waals surface area contributed by atoms with E-state index in [1.165, 1.54) is 7.11 Å². The molecule has 0 aliphatic rings. The van der Waals surface area contributed by atoms with Crippen LogP contribution in [0.25, 0.3) is 0 Å². The van der Waals surface area contributed by atoms with Gasteiger partial charge in [-0.2, -0.15) is 0 Å². The number of nitrogens with one attached hydrogen (secondary N) is 3. The second-order valence-corrected chi connectivity index (χ2v) is 4.96. The summed E-state index contributed by atoms with van der Waals surface area (Å²) in [6.45, 7) is 0.998. The van der Waals surface area contributed by atoms with Crippen molar-refractivity contribution in [3.05, 3.63) is 0 Å². The fourth-order valence-corrected chi connectivity index (χ4v) is 1.84. The van der Waals surface area contributed by atoms with Gasteiger partial charge in [-0.1, -0.05) is 0 Å². The molecule has 0 rings (SSSR count). The standard InChI is InChI=1S/C13H28N6O3/c1-22-12(21)10(6-2-3-7-14)19-11(20)9(15)5-4-8-18-13(16)17/h9-10H,2-8,14-15H2,1H3,(H,19,20)(H4,16,17,18). The third-order valence-corrected chi connectivity index (χ3v) is 3.09. The topological polar surface area (TPSA) is 169 Å². The summed E-state index contributed by atoms with van der Waals surface area (Å²) in [5.74, 6) is -1.01. The molecule has 128 valence electrons. The number of rotatable bonds is 11. The molecule has 0 aromatic carbocycles. The number of ether oxygens (including phenoxy) is 1. The monoisotopic (exact) mass is 316 g/mol. The van der Waals surface area contributed by atoms with Crippen LogP contribution in [0.3, 0.4) is 0 Å². The van der Waals surface area contributed by atoms with E-state index in [0.717, 1.165) is 6.42 Å². The van der Waals surface area contributed by atoms with Crippen molar-refractivity contribution in [1.29, 1.82) is 5.41 Å². The third kappa shape index (κ3) is 9.14. The maximum absolute atomic E-state index is 12.0. The number of hydrogen-bond acceptors (Lipinski definition) is 6. The highest BCUT2D eigenvalue weighted by atomic mass is 16.5. The molecular weight excluding hydrogens is 288 g/mol. The molecule has 22 heavy (non-hydrogen) atoms. The van der Waals surface area contributed by atoms with Crippen LogP contribution in [0.15, 0.2) is 0 Å². The molecule has 0 radical (unpaired) electrons. The van der Waals surface area contributed by atoms with Crippen LogP contribution in [0.2, 0.25) is 0 Å². The lowest BCUT2D eigenvalue weighted by Gasteiger charge is -2.19. The Morgan fingerprint density at radius 2 is 1.91 bits per heavy atom. The van der Waals surface area contributed by atoms with E-state index in [4.69, 9.17) is 22.6 Å². The average Bonchev–Trinajstić information content (AvgIpc) is 2.49. The molecular formula is C13H28N6O3. The van der Waals surface area contributed by atoms with Crippen molar-refractivity contribution >= 4 is 17.8 Å². The summed E-state index contributed by atoms with van der Waals surface area (Å²) in [7, 11) is 1.28. The lowest BCUT2D eigenvalue weighted by molar-refractivity contribution is -0.145. The van der Waals surface area contributed by atoms with Gasteiger partial charge in [0.15, 0.2) is 5.96 Å². The molecule has 2 unspecified atom stereocenters. The molecule has 0 saturated carbocycles. The van der Waals surface area contributed by atoms with E-state index in [-0.39, 0.29) is 5.96 Å². The first-order chi connectivity index (χ1) is 10.4. The highest BCUT2D eigenvalue weighted by Crippen LogP contribution is 2.04. The first-order valence-corrected chi connectivity index (χ1v) is 7.34. The fraction of sp³-hybridized carbons (Fsp3) is 0.769. The first kappa shape index (κ1) is 20.1. The number of carbonyl (C=O) groups is 2. The lowest BCUT2D eigenvalue weighted by atomic mass is 10.1. The van der Waals surface area contributed by atoms with Crippen molar-refractivity contribution in [3.63, 3.8) is 0 Å². The van der Waals surface area contributed by atoms with Crippen molar-refractivity contribution < 1.29 is 14.3 Å². The third-order valence-electron chi connectivity index (χ3n) is 3.09. The van der Waals surface area contributed by atoms with E-state index in [2.05, 4.69) is 15.4 Å². The predicted molar refractivity (Wildman–Crippen MR) is 84.0 cm³/mol. The Balaban J connectivity index is 4.23. The number of guanidine groups is 1. The zero-order valence-corrected chi connectivity index (χ0v) is 13.1. The smallest absolute Gasteiger partial charge is 0.328 e. The Morgan fingerprint density at radius 1 is 1.23 bits per heavy atom. The van der Waals surface area contributed by atoms with Crippen molar-refractivity contribution in [2.45, 2.75) is 44.2 Å². The van der Waals surface area contributed by atoms with Gasteiger partial charge in [0.2, 0.25) is 5.91 Å². The van der Waals surface area contributed by atoms with Gasteiger partial charge in [-0.3, -0.25) is 10.2 Å². The van der Waals surface area contributed by atoms with Gasteiger partial charge in [-0.15, -0.1) is 0 Å². The Kier molecular flexibility index (Phi) is 10.8. The molecule has 2 atom stereocenters. The maximum atomic E-state index is 12.0. The van der Waals surface area contributed by atoms with Crippen LogP contribution < -0.4 is 27.8 Å². The van der Waals surface area contributed by atoms with Gasteiger partial charge < -0.3 is 32.6 Å². The zero-order chi connectivity index (χ0) is 17.0. The first-order valence-electron chi connectivity index (χ1n) is 7.34. The maximum Gasteiger partial charge on any atom is 0.328 e. The van der Waals surface area contributed by atoms with E-state index in [0.29, 0.717) is 38.8 Å². The van der Waals surface area contributed by atoms with Crippen molar-refractivity contribution in [3.8, 4) is 0 Å². The summed E-state index contributed by atoms with van der Waals surface area (Å²) in [5, 5.41) is 12.2. The molecule has 0 heterocycles. The summed E-state index contributed by atoms with van der Waals surface area (Å²) in [5.41, 5.74) is 16.3. The molecule has 1 amide bonds. The van der Waals surface area contributed by atoms with Crippen LogP contribution in [0.5, 0.6) is 0 Å². The zero-order valence-electron chi connectivity index (χ0n) is 13.1. The molecule has 0 saturated heterocycles. The molecule has 0 fully saturated rings. The van der Waals surface area contributed by atoms with E-state index in [1.807, 2.05) is 0 Å². The summed E-state index contributed by atoms with van der Waals surface area (Å²) in [6, 6.07) is -1.43. The minimum Gasteiger partial charge on any atom is -0.467 e. The summed E-state index contributed by atoms with van der Waals surface area (Å²) in [4.78, 5) is 23.6. The number of esters is 1. The average molecular weight is 316 g/mol. The Morgan fingerprint density at radius 3 is 2.45 bits per heavy atom. The molecule has 9 N–H and O–H groups in total. The number of unbranched alkanes of at least 4 members (excludes halogenated alkanes) is 1. The van der Waals surface area contributed by atoms with Gasteiger partial charge in [-0.25, -0.2) is 4.79 Å². The van der Waals surface area contributed by atoms with E-state index in [1.54, 1.807) is 0 Å². The molecule has 9 nitrogen and oxygen atoms in total. The number of hydrogen-bond donors (Lipinski definition) is 6. The molecule has 0 aromatic heterocycles. The van der Waals surface area contributed by atoms with Crippen LogP contribution in [-0.2, 0) is 14.3 Å². The van der Waals surface area contributed by atoms with Crippen molar-refractivity contribution in [1.82, 2.24) is 10.6 Å². The molecule has 9 heteroatoms. The number of nitrogens with two attached hydrogens (primary N) is 3. The Hall–Kier alpha value is -1.87. The van der Waals surface area contributed by atoms with Crippen molar-refractivity contribution in [2.24, 2.45) is 17.2 Å². The second kappa shape index (κ2) is 11.8. The fourth-order valence-electron chi connectivity index (χ4n) is 1.84. The van der Waals surface area contributed by atoms with Crippen LogP contribution >= 0.6 is 0 Å². The molecule has 0 aliphatic carbocycles. The van der Waals surface area contributed by atoms with Crippen LogP contribution in [0, 0.1) is 5.41 Å². The Labute approximate surface area is 130 Å². The minimum absolute atomic E-state index is 0.122. The van der Waals surface area contributed by atoms with Gasteiger partial charge in [0.1, 0.15) is 6.04 Å². The lowest BCUT2D eigenvalue weighted by Crippen LogP contribution is -2.49. The normalized spacial score (nSPS) is 13.0. The van der Waals surface area contributed by atoms with Gasteiger partial charge in [0.25, 0.3) is 0 Å². The second-order valence-electron chi connectivity index (χ2n) is 4.96. The number of carbonyl (C=O) groups excluding carboxylic acids is 2. The summed E-state index contributed by atoms with van der Waals surface area (Å²) < 4.78 is 4.68. The van der Waals surface area contributed by atoms with E-state index in [9.17, 15) is 9.59 Å². The van der Waals surface area contributed by atoms with Gasteiger partial charge in [0.05, 0.1) is 13.2 Å². The Bertz CT molecular complexity index is 364. The number of amides is 1. The molecule has 0 spiro atoms. The van der Waals surface area contributed by atoms with E-state index >= 15 is 0 Å². The number of methoxy groups -OCH3 is 1. The molecule has 0 bridgehead atoms. The van der Waals surface area contributed by atoms with E-state index < -0.39 is 24.0 Å². The highest BCUT2D eigenvalue weighted by Gasteiger charge is 2.23. The summed E-state index contributed by atoms with van der Waals surface area (Å²) in [6.07, 6.45) is 2.96. The van der Waals surface area contributed by atoms with Gasteiger partial charge >= 0.3 is 5.97 Å². The van der Waals surface area contributed by atoms with Crippen LogP contribution in [0.4, 0.5) is 0 Å². The summed E-state index contributed by atoms with van der Waals surface area (Å²) >= 11 is 0. The largest absolute Gasteiger partial charge is 0.467 e. The SMILES string of the molecule is COC(=O)C(CCCCN)NC(=O)C(N)CCCNC(=N)N. The van der Waals surface area contributed by atoms with Crippen LogP contribution in [0.1, 0.15) is 32.1 Å². The van der Waals surface area contributed by atoms with Gasteiger partial charge in [-0.05, 0) is 38.6 Å². The predicted octanol–water partition coefficient (Wildman–Crippen LogP) is -1.64. The van der Waals surface area contributed by atoms with Crippen LogP contribution in [-0.4, -0.2) is 50.1 Å².